The minimum absolute atomic E-state index is 0.0589. The number of rotatable bonds is 7. The molecule has 0 aliphatic carbocycles. The maximum atomic E-state index is 10.7. The van der Waals surface area contributed by atoms with E-state index < -0.39 is 4.92 Å². The molecule has 0 saturated heterocycles. The highest BCUT2D eigenvalue weighted by molar-refractivity contribution is 5.87. The molecule has 11 heteroatoms. The molecular weight excluding hydrogens is 386 g/mol. The van der Waals surface area contributed by atoms with E-state index in [0.29, 0.717) is 30.2 Å². The van der Waals surface area contributed by atoms with Crippen molar-refractivity contribution < 1.29 is 4.92 Å². The summed E-state index contributed by atoms with van der Waals surface area (Å²) in [5.74, 6) is 0.537. The minimum Gasteiger partial charge on any atom is -0.382 e. The molecule has 1 aromatic carbocycles. The van der Waals surface area contributed by atoms with Crippen LogP contribution < -0.4 is 16.1 Å². The number of aliphatic imine (C=N–C) groups is 2. The Kier molecular flexibility index (Phi) is 5.21. The van der Waals surface area contributed by atoms with Crippen LogP contribution in [0.1, 0.15) is 11.1 Å². The van der Waals surface area contributed by atoms with Crippen LogP contribution in [0.15, 0.2) is 52.6 Å². The summed E-state index contributed by atoms with van der Waals surface area (Å²) < 4.78 is 0. The number of hydrazine groups is 1. The predicted octanol–water partition coefficient (Wildman–Crippen LogP) is 1.94. The molecule has 0 radical (unpaired) electrons. The van der Waals surface area contributed by atoms with Gasteiger partial charge < -0.3 is 10.6 Å². The Labute approximate surface area is 171 Å². The summed E-state index contributed by atoms with van der Waals surface area (Å²) in [5.41, 5.74) is 6.03. The van der Waals surface area contributed by atoms with E-state index >= 15 is 0 Å². The zero-order valence-electron chi connectivity index (χ0n) is 15.7. The van der Waals surface area contributed by atoms with Crippen molar-refractivity contribution in [2.24, 2.45) is 9.98 Å². The smallest absolute Gasteiger partial charge is 0.287 e. The Balaban J connectivity index is 1.40. The molecule has 2 aliphatic heterocycles. The van der Waals surface area contributed by atoms with Crippen LogP contribution in [-0.4, -0.2) is 46.8 Å². The summed E-state index contributed by atoms with van der Waals surface area (Å²) in [4.78, 5) is 22.7. The molecule has 0 bridgehead atoms. The highest BCUT2D eigenvalue weighted by Crippen LogP contribution is 2.28. The lowest BCUT2D eigenvalue weighted by molar-refractivity contribution is -0.385. The largest absolute Gasteiger partial charge is 0.382 e. The lowest BCUT2D eigenvalue weighted by atomic mass is 10.1. The summed E-state index contributed by atoms with van der Waals surface area (Å²) in [6, 6.07) is 10.7. The first-order valence-corrected chi connectivity index (χ1v) is 9.09. The quantitative estimate of drug-likeness (QED) is 0.361. The van der Waals surface area contributed by atoms with Gasteiger partial charge in [0.2, 0.25) is 6.29 Å². The van der Waals surface area contributed by atoms with Gasteiger partial charge in [-0.1, -0.05) is 6.07 Å². The number of nitro groups is 1. The number of nitriles is 1. The van der Waals surface area contributed by atoms with E-state index in [9.17, 15) is 15.4 Å². The van der Waals surface area contributed by atoms with Crippen molar-refractivity contribution >= 4 is 35.4 Å². The number of fused-ring (bicyclic) bond motifs is 1. The van der Waals surface area contributed by atoms with E-state index in [1.807, 2.05) is 23.2 Å². The number of anilines is 2. The molecule has 2 aliphatic rings. The normalized spacial score (nSPS) is 16.3. The minimum atomic E-state index is -0.492. The summed E-state index contributed by atoms with van der Waals surface area (Å²) in [6.45, 7) is 1.03. The SMILES string of the molecule is N#Cc1ccc(C2=CC=NC3N=CNN23)cc1NCCNc1ccc([N+](=O)[O-])cn1. The van der Waals surface area contributed by atoms with Gasteiger partial charge in [-0.25, -0.2) is 20.0 Å². The van der Waals surface area contributed by atoms with E-state index in [2.05, 4.69) is 37.1 Å². The fraction of sp³-hybridized carbons (Fsp3) is 0.158. The molecule has 4 rings (SSSR count). The molecule has 3 N–H and O–H groups in total. The molecule has 3 heterocycles. The molecular formula is C19H17N9O2. The first-order chi connectivity index (χ1) is 14.7. The highest BCUT2D eigenvalue weighted by Gasteiger charge is 2.25. The number of nitrogens with one attached hydrogen (secondary N) is 3. The van der Waals surface area contributed by atoms with Crippen LogP contribution in [0.3, 0.4) is 0 Å². The highest BCUT2D eigenvalue weighted by atomic mass is 16.6. The topological polar surface area (TPSA) is 144 Å². The average Bonchev–Trinajstić information content (AvgIpc) is 3.26. The van der Waals surface area contributed by atoms with Gasteiger partial charge in [0, 0.05) is 30.9 Å². The zero-order valence-corrected chi connectivity index (χ0v) is 15.7. The van der Waals surface area contributed by atoms with Crippen LogP contribution in [0.5, 0.6) is 0 Å². The molecule has 0 saturated carbocycles. The van der Waals surface area contributed by atoms with Crippen molar-refractivity contribution in [2.45, 2.75) is 6.29 Å². The van der Waals surface area contributed by atoms with Crippen molar-refractivity contribution in [1.82, 2.24) is 15.4 Å². The Morgan fingerprint density at radius 1 is 1.23 bits per heavy atom. The van der Waals surface area contributed by atoms with Crippen molar-refractivity contribution in [3.63, 3.8) is 0 Å². The Hall–Kier alpha value is -4.46. The molecule has 1 unspecified atom stereocenters. The van der Waals surface area contributed by atoms with Gasteiger partial charge in [-0.15, -0.1) is 0 Å². The van der Waals surface area contributed by atoms with Gasteiger partial charge in [0.15, 0.2) is 0 Å². The van der Waals surface area contributed by atoms with Crippen molar-refractivity contribution in [2.75, 3.05) is 23.7 Å². The second-order valence-electron chi connectivity index (χ2n) is 6.36. The van der Waals surface area contributed by atoms with Gasteiger partial charge in [-0.3, -0.25) is 15.5 Å². The molecule has 150 valence electrons. The standard InChI is InChI=1S/C19H17N9O2/c20-10-14-2-1-13(17-5-6-23-19-25-12-26-27(17)19)9-16(14)21-7-8-22-18-4-3-15(11-24-18)28(29)30/h1-6,9,11-12,19,21H,7-8H2,(H,22,24)(H,25,26). The lowest BCUT2D eigenvalue weighted by Gasteiger charge is -2.27. The third kappa shape index (κ3) is 3.88. The van der Waals surface area contributed by atoms with Crippen LogP contribution in [0, 0.1) is 21.4 Å². The van der Waals surface area contributed by atoms with E-state index in [1.165, 1.54) is 12.3 Å². The van der Waals surface area contributed by atoms with Crippen molar-refractivity contribution in [3.05, 3.63) is 63.8 Å². The van der Waals surface area contributed by atoms with E-state index in [4.69, 9.17) is 0 Å². The fourth-order valence-electron chi connectivity index (χ4n) is 3.03. The molecule has 0 spiro atoms. The summed E-state index contributed by atoms with van der Waals surface area (Å²) >= 11 is 0. The van der Waals surface area contributed by atoms with E-state index in [1.54, 1.807) is 24.7 Å². The lowest BCUT2D eigenvalue weighted by Crippen LogP contribution is -2.37. The third-order valence-corrected chi connectivity index (χ3v) is 4.49. The Bertz CT molecular complexity index is 1090. The fourth-order valence-corrected chi connectivity index (χ4v) is 3.03. The van der Waals surface area contributed by atoms with Crippen LogP contribution >= 0.6 is 0 Å². The van der Waals surface area contributed by atoms with Gasteiger partial charge >= 0.3 is 0 Å². The second kappa shape index (κ2) is 8.27. The maximum Gasteiger partial charge on any atom is 0.287 e. The second-order valence-corrected chi connectivity index (χ2v) is 6.36. The van der Waals surface area contributed by atoms with Gasteiger partial charge in [0.1, 0.15) is 24.4 Å². The van der Waals surface area contributed by atoms with Crippen molar-refractivity contribution in [3.8, 4) is 6.07 Å². The number of pyridine rings is 1. The number of benzene rings is 1. The van der Waals surface area contributed by atoms with Crippen LogP contribution in [0.2, 0.25) is 0 Å². The number of aromatic nitrogens is 1. The van der Waals surface area contributed by atoms with Gasteiger partial charge in [0.05, 0.1) is 21.9 Å². The summed E-state index contributed by atoms with van der Waals surface area (Å²) in [7, 11) is 0. The molecule has 0 fully saturated rings. The molecule has 1 aromatic heterocycles. The van der Waals surface area contributed by atoms with Gasteiger partial charge in [0.25, 0.3) is 5.69 Å². The third-order valence-electron chi connectivity index (χ3n) is 4.49. The first kappa shape index (κ1) is 18.9. The molecule has 30 heavy (non-hydrogen) atoms. The van der Waals surface area contributed by atoms with E-state index in [-0.39, 0.29) is 12.0 Å². The predicted molar refractivity (Wildman–Crippen MR) is 113 cm³/mol. The number of allylic oxidation sites excluding steroid dienone is 1. The Morgan fingerprint density at radius 2 is 2.10 bits per heavy atom. The number of hydrogen-bond acceptors (Lipinski definition) is 10. The molecule has 0 amide bonds. The average molecular weight is 403 g/mol. The molecule has 1 atom stereocenters. The Morgan fingerprint density at radius 3 is 2.87 bits per heavy atom. The number of hydrogen-bond donors (Lipinski definition) is 3. The zero-order chi connectivity index (χ0) is 20.9. The monoisotopic (exact) mass is 403 g/mol. The van der Waals surface area contributed by atoms with Crippen LogP contribution in [-0.2, 0) is 0 Å². The molecule has 2 aromatic rings. The van der Waals surface area contributed by atoms with Crippen molar-refractivity contribution in [1.29, 1.82) is 5.26 Å². The molecule has 11 nitrogen and oxygen atoms in total. The van der Waals surface area contributed by atoms with Gasteiger partial charge in [-0.05, 0) is 24.3 Å². The first-order valence-electron chi connectivity index (χ1n) is 9.09. The van der Waals surface area contributed by atoms with Crippen LogP contribution in [0.4, 0.5) is 17.2 Å². The van der Waals surface area contributed by atoms with Crippen LogP contribution in [0.25, 0.3) is 5.70 Å². The maximum absolute atomic E-state index is 10.7. The van der Waals surface area contributed by atoms with E-state index in [0.717, 1.165) is 11.3 Å². The summed E-state index contributed by atoms with van der Waals surface area (Å²) in [6.07, 6.45) is 6.08. The summed E-state index contributed by atoms with van der Waals surface area (Å²) in [5, 5.41) is 28.3. The number of nitrogens with zero attached hydrogens (tertiary/aromatic N) is 6. The van der Waals surface area contributed by atoms with Gasteiger partial charge in [-0.2, -0.15) is 5.26 Å².